The van der Waals surface area contributed by atoms with Crippen molar-refractivity contribution in [3.8, 4) is 0 Å². The molecular weight excluding hydrogens is 152 g/mol. The molecule has 0 unspecified atom stereocenters. The lowest BCUT2D eigenvalue weighted by Crippen LogP contribution is -2.10. The fraction of sp³-hybridized carbons (Fsp3) is 0.556. The van der Waals surface area contributed by atoms with Crippen LogP contribution in [-0.4, -0.2) is 15.7 Å². The molecule has 66 valence electrons. The van der Waals surface area contributed by atoms with Crippen molar-refractivity contribution in [1.82, 2.24) is 9.78 Å². The molecule has 0 aliphatic rings. The minimum Gasteiger partial charge on any atom is -0.273 e. The SMILES string of the molecule is CC(=O)n1cc(C(C)(C)C)cn1. The minimum atomic E-state index is -0.0505. The second kappa shape index (κ2) is 2.73. The van der Waals surface area contributed by atoms with Crippen LogP contribution in [0.15, 0.2) is 12.4 Å². The second-order valence-corrected chi connectivity index (χ2v) is 3.94. The smallest absolute Gasteiger partial charge is 0.243 e. The van der Waals surface area contributed by atoms with Crippen LogP contribution in [0, 0.1) is 0 Å². The third-order valence-corrected chi connectivity index (χ3v) is 1.77. The van der Waals surface area contributed by atoms with Gasteiger partial charge in [0.05, 0.1) is 6.20 Å². The van der Waals surface area contributed by atoms with E-state index in [0.717, 1.165) is 5.56 Å². The molecule has 3 nitrogen and oxygen atoms in total. The van der Waals surface area contributed by atoms with Gasteiger partial charge in [-0.15, -0.1) is 0 Å². The Kier molecular flexibility index (Phi) is 2.04. The van der Waals surface area contributed by atoms with Crippen LogP contribution in [0.4, 0.5) is 0 Å². The Morgan fingerprint density at radius 1 is 1.50 bits per heavy atom. The number of aromatic nitrogens is 2. The zero-order chi connectivity index (χ0) is 9.35. The average Bonchev–Trinajstić information content (AvgIpc) is 2.30. The van der Waals surface area contributed by atoms with E-state index in [4.69, 9.17) is 0 Å². The minimum absolute atomic E-state index is 0.0505. The lowest BCUT2D eigenvalue weighted by atomic mass is 9.90. The molecule has 0 saturated carbocycles. The number of nitrogens with zero attached hydrogens (tertiary/aromatic N) is 2. The molecule has 0 amide bonds. The summed E-state index contributed by atoms with van der Waals surface area (Å²) in [5.41, 5.74) is 1.14. The molecule has 0 radical (unpaired) electrons. The van der Waals surface area contributed by atoms with E-state index in [0.29, 0.717) is 0 Å². The first kappa shape index (κ1) is 8.97. The largest absolute Gasteiger partial charge is 0.273 e. The van der Waals surface area contributed by atoms with Crippen LogP contribution in [0.3, 0.4) is 0 Å². The van der Waals surface area contributed by atoms with Gasteiger partial charge in [0.2, 0.25) is 5.91 Å². The maximum atomic E-state index is 10.9. The van der Waals surface area contributed by atoms with Crippen molar-refractivity contribution in [2.75, 3.05) is 0 Å². The van der Waals surface area contributed by atoms with Gasteiger partial charge in [0.15, 0.2) is 0 Å². The quantitative estimate of drug-likeness (QED) is 0.589. The van der Waals surface area contributed by atoms with Crippen molar-refractivity contribution in [2.24, 2.45) is 0 Å². The third-order valence-electron chi connectivity index (χ3n) is 1.77. The van der Waals surface area contributed by atoms with E-state index in [1.165, 1.54) is 11.6 Å². The summed E-state index contributed by atoms with van der Waals surface area (Å²) in [4.78, 5) is 10.9. The first-order valence-corrected chi connectivity index (χ1v) is 3.97. The van der Waals surface area contributed by atoms with Gasteiger partial charge >= 0.3 is 0 Å². The lowest BCUT2D eigenvalue weighted by Gasteiger charge is -2.14. The summed E-state index contributed by atoms with van der Waals surface area (Å²) in [7, 11) is 0. The van der Waals surface area contributed by atoms with Crippen molar-refractivity contribution in [3.63, 3.8) is 0 Å². The normalized spacial score (nSPS) is 11.7. The Balaban J connectivity index is 3.00. The summed E-state index contributed by atoms with van der Waals surface area (Å²) in [6.45, 7) is 7.77. The molecule has 0 bridgehead atoms. The van der Waals surface area contributed by atoms with Gasteiger partial charge in [0.25, 0.3) is 0 Å². The van der Waals surface area contributed by atoms with Crippen LogP contribution < -0.4 is 0 Å². The van der Waals surface area contributed by atoms with Gasteiger partial charge in [-0.05, 0) is 11.0 Å². The van der Waals surface area contributed by atoms with Gasteiger partial charge in [-0.2, -0.15) is 5.10 Å². The highest BCUT2D eigenvalue weighted by atomic mass is 16.2. The monoisotopic (exact) mass is 166 g/mol. The number of rotatable bonds is 0. The molecule has 1 aromatic heterocycles. The van der Waals surface area contributed by atoms with Crippen LogP contribution in [0.1, 0.15) is 38.1 Å². The van der Waals surface area contributed by atoms with E-state index in [2.05, 4.69) is 25.9 Å². The fourth-order valence-corrected chi connectivity index (χ4v) is 0.882. The van der Waals surface area contributed by atoms with Gasteiger partial charge in [-0.25, -0.2) is 4.68 Å². The number of carbonyl (C=O) groups excluding carboxylic acids is 1. The molecule has 0 N–H and O–H groups in total. The molecule has 0 aliphatic heterocycles. The topological polar surface area (TPSA) is 34.9 Å². The molecule has 1 aromatic rings. The average molecular weight is 166 g/mol. The van der Waals surface area contributed by atoms with E-state index in [-0.39, 0.29) is 11.3 Å². The van der Waals surface area contributed by atoms with Crippen molar-refractivity contribution < 1.29 is 4.79 Å². The summed E-state index contributed by atoms with van der Waals surface area (Å²) in [5, 5.41) is 3.95. The van der Waals surface area contributed by atoms with Gasteiger partial charge in [0.1, 0.15) is 0 Å². The molecule has 0 spiro atoms. The standard InChI is InChI=1S/C9H14N2O/c1-7(12)11-6-8(5-10-11)9(2,3)4/h5-6H,1-4H3. The summed E-state index contributed by atoms with van der Waals surface area (Å²) in [6, 6.07) is 0. The van der Waals surface area contributed by atoms with Crippen LogP contribution in [0.5, 0.6) is 0 Å². The molecule has 0 atom stereocenters. The Bertz CT molecular complexity index is 294. The van der Waals surface area contributed by atoms with Crippen LogP contribution >= 0.6 is 0 Å². The Morgan fingerprint density at radius 2 is 2.08 bits per heavy atom. The molecule has 1 rings (SSSR count). The van der Waals surface area contributed by atoms with Crippen LogP contribution in [-0.2, 0) is 5.41 Å². The Hall–Kier alpha value is -1.12. The van der Waals surface area contributed by atoms with Crippen molar-refractivity contribution in [1.29, 1.82) is 0 Å². The van der Waals surface area contributed by atoms with Gasteiger partial charge in [0, 0.05) is 13.1 Å². The predicted octanol–water partition coefficient (Wildman–Crippen LogP) is 1.84. The van der Waals surface area contributed by atoms with Gasteiger partial charge < -0.3 is 0 Å². The molecule has 0 aromatic carbocycles. The second-order valence-electron chi connectivity index (χ2n) is 3.94. The summed E-state index contributed by atoms with van der Waals surface area (Å²) < 4.78 is 1.36. The molecule has 0 saturated heterocycles. The number of hydrogen-bond acceptors (Lipinski definition) is 2. The molecular formula is C9H14N2O. The van der Waals surface area contributed by atoms with Gasteiger partial charge in [-0.1, -0.05) is 20.8 Å². The van der Waals surface area contributed by atoms with Crippen molar-refractivity contribution >= 4 is 5.91 Å². The first-order chi connectivity index (χ1) is 5.41. The van der Waals surface area contributed by atoms with Crippen LogP contribution in [0.25, 0.3) is 0 Å². The lowest BCUT2D eigenvalue weighted by molar-refractivity contribution is 0.0921. The highest BCUT2D eigenvalue weighted by Gasteiger charge is 2.16. The van der Waals surface area contributed by atoms with E-state index >= 15 is 0 Å². The number of hydrogen-bond donors (Lipinski definition) is 0. The molecule has 0 aliphatic carbocycles. The molecule has 3 heteroatoms. The van der Waals surface area contributed by atoms with Gasteiger partial charge in [-0.3, -0.25) is 4.79 Å². The highest BCUT2D eigenvalue weighted by Crippen LogP contribution is 2.20. The van der Waals surface area contributed by atoms with Crippen molar-refractivity contribution in [2.45, 2.75) is 33.1 Å². The predicted molar refractivity (Wildman–Crippen MR) is 47.2 cm³/mol. The maximum absolute atomic E-state index is 10.9. The summed E-state index contributed by atoms with van der Waals surface area (Å²) in [6.07, 6.45) is 3.52. The van der Waals surface area contributed by atoms with Crippen LogP contribution in [0.2, 0.25) is 0 Å². The number of carbonyl (C=O) groups is 1. The molecule has 1 heterocycles. The zero-order valence-electron chi connectivity index (χ0n) is 7.96. The third kappa shape index (κ3) is 1.72. The van der Waals surface area contributed by atoms with E-state index < -0.39 is 0 Å². The van der Waals surface area contributed by atoms with E-state index in [9.17, 15) is 4.79 Å². The fourth-order valence-electron chi connectivity index (χ4n) is 0.882. The Labute approximate surface area is 72.4 Å². The molecule has 0 fully saturated rings. The van der Waals surface area contributed by atoms with Crippen molar-refractivity contribution in [3.05, 3.63) is 18.0 Å². The van der Waals surface area contributed by atoms with E-state index in [1.54, 1.807) is 12.4 Å². The maximum Gasteiger partial charge on any atom is 0.243 e. The van der Waals surface area contributed by atoms with E-state index in [1.807, 2.05) is 0 Å². The molecule has 12 heavy (non-hydrogen) atoms. The highest BCUT2D eigenvalue weighted by molar-refractivity contribution is 5.75. The Morgan fingerprint density at radius 3 is 2.33 bits per heavy atom. The zero-order valence-corrected chi connectivity index (χ0v) is 7.96. The summed E-state index contributed by atoms with van der Waals surface area (Å²) in [5.74, 6) is -0.0505. The summed E-state index contributed by atoms with van der Waals surface area (Å²) >= 11 is 0. The first-order valence-electron chi connectivity index (χ1n) is 3.97.